The van der Waals surface area contributed by atoms with Crippen LogP contribution < -0.4 is 20.1 Å². The Labute approximate surface area is 348 Å². The number of aromatic nitrogens is 2. The first-order valence-corrected chi connectivity index (χ1v) is 20.4. The molecule has 8 aromatic carbocycles. The molecule has 0 saturated carbocycles. The van der Waals surface area contributed by atoms with E-state index in [2.05, 4.69) is 174 Å². The topological polar surface area (TPSA) is 68.3 Å². The summed E-state index contributed by atoms with van der Waals surface area (Å²) in [5.74, 6) is 1.58. The van der Waals surface area contributed by atoms with Crippen molar-refractivity contribution >= 4 is 54.5 Å². The van der Waals surface area contributed by atoms with Gasteiger partial charge in [-0.25, -0.2) is 0 Å². The van der Waals surface area contributed by atoms with Crippen LogP contribution in [-0.2, 0) is 26.3 Å². The zero-order chi connectivity index (χ0) is 39.8. The summed E-state index contributed by atoms with van der Waals surface area (Å²) < 4.78 is 13.6. The number of nitrogens with one attached hydrogen (secondary N) is 2. The molecule has 1 aliphatic rings. The van der Waals surface area contributed by atoms with E-state index in [4.69, 9.17) is 19.4 Å². The third kappa shape index (κ3) is 6.58. The van der Waals surface area contributed by atoms with E-state index in [-0.39, 0.29) is 13.2 Å². The lowest BCUT2D eigenvalue weighted by molar-refractivity contribution is 0.292. The molecule has 3 heterocycles. The highest BCUT2D eigenvalue weighted by atomic mass is 16.5. The van der Waals surface area contributed by atoms with Crippen molar-refractivity contribution in [3.05, 3.63) is 205 Å². The van der Waals surface area contributed by atoms with E-state index >= 15 is 0 Å². The van der Waals surface area contributed by atoms with Gasteiger partial charge in [0, 0.05) is 33.6 Å². The van der Waals surface area contributed by atoms with Gasteiger partial charge in [0.2, 0.25) is 0 Å². The third-order valence-corrected chi connectivity index (χ3v) is 11.5. The molecule has 0 saturated heterocycles. The fourth-order valence-corrected chi connectivity index (χ4v) is 8.73. The monoisotopic (exact) mass is 776 g/mol. The molecule has 6 heteroatoms. The minimum absolute atomic E-state index is 0.287. The quantitative estimate of drug-likeness (QED) is 0.160. The molecule has 4 bridgehead atoms. The van der Waals surface area contributed by atoms with Crippen molar-refractivity contribution in [1.82, 2.24) is 9.97 Å². The second-order valence-corrected chi connectivity index (χ2v) is 15.3. The van der Waals surface area contributed by atoms with Crippen LogP contribution in [0.15, 0.2) is 182 Å². The number of benzene rings is 8. The van der Waals surface area contributed by atoms with Gasteiger partial charge in [-0.1, -0.05) is 133 Å². The standard InChI is InChI=1S/C54H40N4O2/c1-5-19-43-35(11-1)23-27-47-51(43)53-45-21-7-3-13-37(45)25-29-49(53)59-33-41-17-10-18-42(58-41)34-60-50-30-26-38-14-4-8-22-46(38)54(50)52-44-20-6-2-12-36(44)24-28-48(52)56-32-40-16-9-15-39(57-40)31-55-47/h1-30,55-56H,31-34H2. The van der Waals surface area contributed by atoms with Crippen molar-refractivity contribution in [2.45, 2.75) is 26.3 Å². The second kappa shape index (κ2) is 15.2. The van der Waals surface area contributed by atoms with Crippen molar-refractivity contribution in [2.24, 2.45) is 0 Å². The van der Waals surface area contributed by atoms with Crippen LogP contribution in [0, 0.1) is 0 Å². The summed E-state index contributed by atoms with van der Waals surface area (Å²) in [6, 6.07) is 63.7. The van der Waals surface area contributed by atoms with E-state index in [1.807, 2.05) is 18.2 Å². The van der Waals surface area contributed by atoms with Gasteiger partial charge in [0.1, 0.15) is 24.7 Å². The molecule has 0 aliphatic carbocycles. The lowest BCUT2D eigenvalue weighted by Crippen LogP contribution is -2.08. The average molecular weight is 777 g/mol. The van der Waals surface area contributed by atoms with Crippen LogP contribution in [-0.4, -0.2) is 9.97 Å². The first kappa shape index (κ1) is 35.5. The SMILES string of the molecule is c1cc2nc(c1)CNc1ccc3ccccc3c1-c1c(ccc3ccccc13)OCc1cccc(n1)COc1ccc3ccccc3c1-c1c(ccc3ccccc13)NC2. The maximum atomic E-state index is 6.82. The van der Waals surface area contributed by atoms with Gasteiger partial charge in [-0.2, -0.15) is 0 Å². The van der Waals surface area contributed by atoms with Crippen LogP contribution >= 0.6 is 0 Å². The van der Waals surface area contributed by atoms with Gasteiger partial charge >= 0.3 is 0 Å². The molecular formula is C54H40N4O2. The Morgan fingerprint density at radius 2 is 0.667 bits per heavy atom. The third-order valence-electron chi connectivity index (χ3n) is 11.5. The summed E-state index contributed by atoms with van der Waals surface area (Å²) in [5.41, 5.74) is 9.79. The molecule has 1 aliphatic heterocycles. The maximum Gasteiger partial charge on any atom is 0.130 e. The number of nitrogens with zero attached hydrogens (tertiary/aromatic N) is 2. The predicted octanol–water partition coefficient (Wildman–Crippen LogP) is 13.1. The van der Waals surface area contributed by atoms with E-state index in [1.165, 1.54) is 0 Å². The summed E-state index contributed by atoms with van der Waals surface area (Å²) >= 11 is 0. The van der Waals surface area contributed by atoms with E-state index in [1.54, 1.807) is 0 Å². The van der Waals surface area contributed by atoms with Crippen molar-refractivity contribution < 1.29 is 9.47 Å². The molecule has 0 radical (unpaired) electrons. The first-order valence-electron chi connectivity index (χ1n) is 20.4. The Bertz CT molecular complexity index is 2820. The lowest BCUT2D eigenvalue weighted by Gasteiger charge is -2.21. The molecule has 0 amide bonds. The van der Waals surface area contributed by atoms with Gasteiger partial charge in [0.05, 0.1) is 35.9 Å². The smallest absolute Gasteiger partial charge is 0.130 e. The van der Waals surface area contributed by atoms with E-state index in [0.29, 0.717) is 13.1 Å². The van der Waals surface area contributed by atoms with E-state index in [9.17, 15) is 0 Å². The summed E-state index contributed by atoms with van der Waals surface area (Å²) in [6.45, 7) is 1.65. The summed E-state index contributed by atoms with van der Waals surface area (Å²) in [6.07, 6.45) is 0. The largest absolute Gasteiger partial charge is 0.487 e. The maximum absolute atomic E-state index is 6.82. The fourth-order valence-electron chi connectivity index (χ4n) is 8.73. The molecule has 288 valence electrons. The summed E-state index contributed by atoms with van der Waals surface area (Å²) in [7, 11) is 0. The van der Waals surface area contributed by atoms with Crippen LogP contribution in [0.4, 0.5) is 11.4 Å². The molecule has 2 aromatic heterocycles. The number of pyridine rings is 2. The summed E-state index contributed by atoms with van der Waals surface area (Å²) in [4.78, 5) is 10.3. The van der Waals surface area contributed by atoms with Crippen LogP contribution in [0.25, 0.3) is 65.3 Å². The van der Waals surface area contributed by atoms with E-state index in [0.717, 1.165) is 111 Å². The number of hydrogen-bond donors (Lipinski definition) is 2. The Morgan fingerprint density at radius 1 is 0.317 bits per heavy atom. The highest BCUT2D eigenvalue weighted by molar-refractivity contribution is 6.13. The molecule has 10 aromatic rings. The zero-order valence-electron chi connectivity index (χ0n) is 32.9. The molecule has 60 heavy (non-hydrogen) atoms. The van der Waals surface area contributed by atoms with Crippen LogP contribution in [0.5, 0.6) is 11.5 Å². The molecule has 0 atom stereocenters. The number of ether oxygens (including phenoxy) is 2. The Morgan fingerprint density at radius 3 is 1.10 bits per heavy atom. The number of rotatable bonds is 0. The lowest BCUT2D eigenvalue weighted by atomic mass is 9.91. The van der Waals surface area contributed by atoms with Crippen LogP contribution in [0.1, 0.15) is 22.8 Å². The molecule has 6 nitrogen and oxygen atoms in total. The molecule has 2 N–H and O–H groups in total. The van der Waals surface area contributed by atoms with Gasteiger partial charge in [-0.3, -0.25) is 9.97 Å². The molecule has 0 fully saturated rings. The molecule has 11 rings (SSSR count). The predicted molar refractivity (Wildman–Crippen MR) is 246 cm³/mol. The van der Waals surface area contributed by atoms with Gasteiger partial charge in [0.15, 0.2) is 0 Å². The van der Waals surface area contributed by atoms with Gasteiger partial charge in [-0.15, -0.1) is 0 Å². The van der Waals surface area contributed by atoms with Crippen molar-refractivity contribution in [3.63, 3.8) is 0 Å². The van der Waals surface area contributed by atoms with E-state index < -0.39 is 0 Å². The minimum atomic E-state index is 0.287. The first-order chi connectivity index (χ1) is 29.7. The number of fused-ring (bicyclic) bond motifs is 18. The average Bonchev–Trinajstić information content (AvgIpc) is 3.30. The highest BCUT2D eigenvalue weighted by Crippen LogP contribution is 2.46. The minimum Gasteiger partial charge on any atom is -0.487 e. The summed E-state index contributed by atoms with van der Waals surface area (Å²) in [5, 5.41) is 16.7. The van der Waals surface area contributed by atoms with Gasteiger partial charge in [-0.05, 0) is 91.6 Å². The van der Waals surface area contributed by atoms with Crippen LogP contribution in [0.2, 0.25) is 0 Å². The normalized spacial score (nSPS) is 12.9. The number of hydrogen-bond acceptors (Lipinski definition) is 6. The Balaban J connectivity index is 1.08. The van der Waals surface area contributed by atoms with Crippen molar-refractivity contribution in [1.29, 1.82) is 0 Å². The van der Waals surface area contributed by atoms with Crippen molar-refractivity contribution in [3.8, 4) is 33.8 Å². The Hall–Kier alpha value is -7.70. The highest BCUT2D eigenvalue weighted by Gasteiger charge is 2.21. The van der Waals surface area contributed by atoms with Gasteiger partial charge in [0.25, 0.3) is 0 Å². The van der Waals surface area contributed by atoms with Crippen molar-refractivity contribution in [2.75, 3.05) is 10.6 Å². The van der Waals surface area contributed by atoms with Gasteiger partial charge < -0.3 is 20.1 Å². The molecule has 0 spiro atoms. The zero-order valence-corrected chi connectivity index (χ0v) is 32.9. The number of anilines is 2. The fraction of sp³-hybridized carbons (Fsp3) is 0.0741. The Kier molecular flexibility index (Phi) is 9.00. The second-order valence-electron chi connectivity index (χ2n) is 15.3. The molecular weight excluding hydrogens is 737 g/mol. The van der Waals surface area contributed by atoms with Crippen LogP contribution in [0.3, 0.4) is 0 Å². The molecule has 0 unspecified atom stereocenters.